The molecule has 16 atom stereocenters. The molecule has 1 aromatic heterocycles. The van der Waals surface area contributed by atoms with Crippen molar-refractivity contribution in [2.75, 3.05) is 58.9 Å². The van der Waals surface area contributed by atoms with Crippen LogP contribution in [0.15, 0.2) is 42.5 Å². The lowest BCUT2D eigenvalue weighted by Gasteiger charge is -2.31. The number of fused-ring (bicyclic) bond motifs is 2. The molecule has 0 aliphatic carbocycles. The lowest BCUT2D eigenvalue weighted by atomic mass is 10.0. The standard InChI is InChI=1S/C50H86N10O18/c1-59(24-39-56-31-9-5-6-10-32(31)57-39)49(76)27-11-13-30-28(19-27)23-60(50(77)34(55-30)20-42(69)78-2)18-8-4-3-7-17-52-48(75)33(14-16-41(68)54-22-36(64)44(71)46(73)38(66)26-62)58-47(74)29(51)12-15-40(67)53-21-35(63)43(70)45(72)37(65)25-61/h5-6,9-11,13,19,29,33-38,41,43-50,52,54-55,58,61-66,68,70-77H,3-4,7-8,12,14-18,20-26,51H2,1-2H3,(H,53,67)(H,56,57)/t29-,33-,34?,35+,36+,37?,38+,41+,43-,44-,45?,46-,47+,48+,49+,50+/m0/s1. The Bertz CT molecular complexity index is 2170. The van der Waals surface area contributed by atoms with Crippen molar-refractivity contribution in [1.29, 1.82) is 0 Å². The lowest BCUT2D eigenvalue weighted by Crippen LogP contribution is -2.56. The first-order valence-corrected chi connectivity index (χ1v) is 26.2. The van der Waals surface area contributed by atoms with Gasteiger partial charge in [-0.1, -0.05) is 31.0 Å². The number of rotatable bonds is 37. The maximum atomic E-state index is 12.5. The lowest BCUT2D eigenvalue weighted by molar-refractivity contribution is -0.142. The van der Waals surface area contributed by atoms with Gasteiger partial charge in [0.15, 0.2) is 0 Å². The number of para-hydroxylation sites is 2. The molecule has 1 aliphatic rings. The van der Waals surface area contributed by atoms with E-state index >= 15 is 0 Å². The molecule has 2 heterocycles. The Morgan fingerprint density at radius 1 is 0.808 bits per heavy atom. The van der Waals surface area contributed by atoms with Crippen LogP contribution in [0.2, 0.25) is 0 Å². The molecule has 0 spiro atoms. The number of ether oxygens (including phenoxy) is 1. The summed E-state index contributed by atoms with van der Waals surface area (Å²) in [5.74, 6) is -0.475. The van der Waals surface area contributed by atoms with Gasteiger partial charge >= 0.3 is 5.97 Å². The second-order valence-corrected chi connectivity index (χ2v) is 20.0. The fraction of sp³-hybridized carbons (Fsp3) is 0.700. The van der Waals surface area contributed by atoms with Crippen molar-refractivity contribution in [3.05, 3.63) is 59.4 Å². The van der Waals surface area contributed by atoms with E-state index in [9.17, 15) is 76.0 Å². The van der Waals surface area contributed by atoms with E-state index in [0.29, 0.717) is 62.4 Å². The molecule has 28 nitrogen and oxygen atoms in total. The molecule has 3 aromatic rings. The molecule has 78 heavy (non-hydrogen) atoms. The van der Waals surface area contributed by atoms with Gasteiger partial charge in [-0.25, -0.2) is 4.98 Å². The first kappa shape index (κ1) is 66.3. The Morgan fingerprint density at radius 2 is 1.45 bits per heavy atom. The van der Waals surface area contributed by atoms with Crippen LogP contribution in [0, 0.1) is 0 Å². The number of H-pyrrole nitrogens is 1. The van der Waals surface area contributed by atoms with Gasteiger partial charge in [-0.3, -0.25) is 35.3 Å². The number of aromatic nitrogens is 2. The summed E-state index contributed by atoms with van der Waals surface area (Å²) in [6.45, 7) is -1.41. The summed E-state index contributed by atoms with van der Waals surface area (Å²) in [6.07, 6.45) is -18.8. The average molecular weight is 1120 g/mol. The zero-order valence-corrected chi connectivity index (χ0v) is 44.2. The summed E-state index contributed by atoms with van der Waals surface area (Å²) in [7, 11) is 3.06. The molecule has 23 N–H and O–H groups in total. The molecule has 0 saturated carbocycles. The number of aliphatic hydroxyl groups excluding tert-OH is 15. The Hall–Kier alpha value is -4.19. The number of methoxy groups -OCH3 is 1. The fourth-order valence-corrected chi connectivity index (χ4v) is 8.86. The van der Waals surface area contributed by atoms with Crippen LogP contribution in [-0.2, 0) is 27.4 Å². The number of imidazole rings is 1. The Labute approximate surface area is 452 Å². The van der Waals surface area contributed by atoms with Gasteiger partial charge in [0.1, 0.15) is 73.6 Å². The van der Waals surface area contributed by atoms with Crippen molar-refractivity contribution >= 4 is 28.6 Å². The Kier molecular flexibility index (Phi) is 28.5. The third-order valence-corrected chi connectivity index (χ3v) is 13.8. The number of benzene rings is 2. The van der Waals surface area contributed by atoms with Crippen LogP contribution in [0.3, 0.4) is 0 Å². The maximum Gasteiger partial charge on any atom is 0.307 e. The van der Waals surface area contributed by atoms with E-state index in [1.807, 2.05) is 41.3 Å². The van der Waals surface area contributed by atoms with Gasteiger partial charge in [-0.05, 0) is 81.1 Å². The minimum atomic E-state index is -1.90. The van der Waals surface area contributed by atoms with E-state index in [0.717, 1.165) is 16.6 Å². The molecule has 0 bridgehead atoms. The van der Waals surface area contributed by atoms with E-state index in [2.05, 4.69) is 36.6 Å². The minimum Gasteiger partial charge on any atom is -0.469 e. The van der Waals surface area contributed by atoms with Gasteiger partial charge in [-0.2, -0.15) is 0 Å². The molecule has 0 fully saturated rings. The van der Waals surface area contributed by atoms with Crippen LogP contribution in [0.25, 0.3) is 11.0 Å². The van der Waals surface area contributed by atoms with E-state index < -0.39 is 136 Å². The highest BCUT2D eigenvalue weighted by Gasteiger charge is 2.34. The predicted octanol–water partition coefficient (Wildman–Crippen LogP) is -6.31. The number of carbonyl (C=O) groups is 2. The van der Waals surface area contributed by atoms with Crippen LogP contribution in [-0.4, -0.2) is 254 Å². The van der Waals surface area contributed by atoms with E-state index in [1.54, 1.807) is 18.0 Å². The number of aliphatic hydroxyl groups is 15. The number of nitrogens with one attached hydrogen (secondary N) is 6. The summed E-state index contributed by atoms with van der Waals surface area (Å²) >= 11 is 0. The molecule has 1 amide bonds. The highest BCUT2D eigenvalue weighted by molar-refractivity contribution is 5.76. The smallest absolute Gasteiger partial charge is 0.307 e. The van der Waals surface area contributed by atoms with Gasteiger partial charge in [0.25, 0.3) is 0 Å². The van der Waals surface area contributed by atoms with Gasteiger partial charge in [0.2, 0.25) is 5.91 Å². The molecule has 444 valence electrons. The second kappa shape index (κ2) is 33.5. The van der Waals surface area contributed by atoms with Crippen molar-refractivity contribution in [3.63, 3.8) is 0 Å². The number of nitrogens with two attached hydrogens (primary N) is 1. The highest BCUT2D eigenvalue weighted by atomic mass is 16.5. The number of hydrogen-bond acceptors (Lipinski definition) is 26. The number of carbonyl (C=O) groups excluding carboxylic acids is 2. The van der Waals surface area contributed by atoms with Crippen LogP contribution in [0.4, 0.5) is 5.69 Å². The fourth-order valence-electron chi connectivity index (χ4n) is 8.86. The van der Waals surface area contributed by atoms with Crippen LogP contribution in [0.5, 0.6) is 0 Å². The quantitative estimate of drug-likeness (QED) is 0.0145. The number of amides is 1. The van der Waals surface area contributed by atoms with E-state index in [-0.39, 0.29) is 38.6 Å². The molecule has 0 saturated heterocycles. The van der Waals surface area contributed by atoms with Gasteiger partial charge < -0.3 is 103 Å². The third kappa shape index (κ3) is 20.7. The number of unbranched alkanes of at least 4 members (excludes halogenated alkanes) is 3. The molecule has 1 aliphatic heterocycles. The molecule has 28 heteroatoms. The maximum absolute atomic E-state index is 12.5. The zero-order valence-electron chi connectivity index (χ0n) is 44.2. The summed E-state index contributed by atoms with van der Waals surface area (Å²) < 4.78 is 4.93. The summed E-state index contributed by atoms with van der Waals surface area (Å²) in [6, 6.07) is 10.3. The molecule has 3 unspecified atom stereocenters. The topological polar surface area (TPSA) is 468 Å². The van der Waals surface area contributed by atoms with Crippen molar-refractivity contribution in [1.82, 2.24) is 41.0 Å². The second-order valence-electron chi connectivity index (χ2n) is 20.0. The number of nitrogens with zero attached hydrogens (tertiary/aromatic N) is 3. The SMILES string of the molecule is COC(=O)CC1Nc2ccc([C@@H](O)N(C)Cc3nc4ccccc4[nH]3)cc2CN(CCCCCCN[C@H](O)[C@H](CC[C@@H](O)NC[C@@H](O)[C@H](O)[C@@H](O)[C@H](O)CO)N[C@H](O)[C@@H](N)CCC(=O)NC[C@@H](O)[C@H](O)C(O)C(O)CO)[C@@H]1O. The van der Waals surface area contributed by atoms with Gasteiger partial charge in [0.05, 0.1) is 62.6 Å². The third-order valence-electron chi connectivity index (χ3n) is 13.8. The first-order valence-electron chi connectivity index (χ1n) is 26.2. The number of hydrogen-bond donors (Lipinski definition) is 22. The number of anilines is 1. The van der Waals surface area contributed by atoms with Crippen LogP contribution >= 0.6 is 0 Å². The zero-order chi connectivity index (χ0) is 57.6. The minimum absolute atomic E-state index is 0.0408. The average Bonchev–Trinajstić information content (AvgIpc) is 3.83. The van der Waals surface area contributed by atoms with E-state index in [1.165, 1.54) is 7.11 Å². The van der Waals surface area contributed by atoms with Crippen LogP contribution in [0.1, 0.15) is 81.0 Å². The van der Waals surface area contributed by atoms with Crippen molar-refractivity contribution in [2.24, 2.45) is 5.73 Å². The normalized spacial score (nSPS) is 20.7. The van der Waals surface area contributed by atoms with Crippen LogP contribution < -0.4 is 32.3 Å². The van der Waals surface area contributed by atoms with E-state index in [4.69, 9.17) is 20.7 Å². The number of aromatic amines is 1. The molecular weight excluding hydrogens is 1030 g/mol. The predicted molar refractivity (Wildman–Crippen MR) is 281 cm³/mol. The Balaban J connectivity index is 1.32. The molecular formula is C50H86N10O18. The summed E-state index contributed by atoms with van der Waals surface area (Å²) in [4.78, 5) is 36.5. The van der Waals surface area contributed by atoms with Gasteiger partial charge in [-0.15, -0.1) is 0 Å². The number of esters is 1. The largest absolute Gasteiger partial charge is 0.469 e. The molecule has 0 radical (unpaired) electrons. The van der Waals surface area contributed by atoms with Crippen molar-refractivity contribution < 1.29 is 90.9 Å². The first-order chi connectivity index (χ1) is 37.1. The Morgan fingerprint density at radius 3 is 2.10 bits per heavy atom. The van der Waals surface area contributed by atoms with Gasteiger partial charge in [0, 0.05) is 50.4 Å². The molecule has 4 rings (SSSR count). The van der Waals surface area contributed by atoms with Crippen molar-refractivity contribution in [3.8, 4) is 0 Å². The summed E-state index contributed by atoms with van der Waals surface area (Å²) in [5, 5.41) is 168. The van der Waals surface area contributed by atoms with Crippen molar-refractivity contribution in [2.45, 2.75) is 169 Å². The highest BCUT2D eigenvalue weighted by Crippen LogP contribution is 2.31. The summed E-state index contributed by atoms with van der Waals surface area (Å²) in [5.41, 5.74) is 10.0. The monoisotopic (exact) mass is 1110 g/mol. The molecule has 2 aromatic carbocycles.